The molecule has 3 rings (SSSR count). The summed E-state index contributed by atoms with van der Waals surface area (Å²) >= 11 is 0. The highest BCUT2D eigenvalue weighted by Gasteiger charge is 2.42. The number of pyridine rings is 1. The normalized spacial score (nSPS) is 14.2. The van der Waals surface area contributed by atoms with Gasteiger partial charge in [0, 0.05) is 14.1 Å². The maximum Gasteiger partial charge on any atom is 0.262 e. The van der Waals surface area contributed by atoms with E-state index in [-0.39, 0.29) is 5.92 Å². The first-order chi connectivity index (χ1) is 13.3. The molecule has 1 aromatic heterocycles. The van der Waals surface area contributed by atoms with Gasteiger partial charge in [-0.2, -0.15) is 0 Å². The number of carbonyl (C=O) groups is 3. The fourth-order valence-electron chi connectivity index (χ4n) is 3.22. The fourth-order valence-corrected chi connectivity index (χ4v) is 3.22. The summed E-state index contributed by atoms with van der Waals surface area (Å²) in [6.45, 7) is 3.90. The quantitative estimate of drug-likeness (QED) is 0.779. The van der Waals surface area contributed by atoms with E-state index >= 15 is 0 Å². The molecule has 7 heteroatoms. The molecule has 7 nitrogen and oxygen atoms in total. The molecule has 146 valence electrons. The number of rotatable bonds is 6. The van der Waals surface area contributed by atoms with Crippen LogP contribution in [0.2, 0.25) is 0 Å². The first kappa shape index (κ1) is 19.5. The fraction of sp³-hybridized carbons (Fsp3) is 0.333. The second-order valence-electron chi connectivity index (χ2n) is 7.46. The number of aromatic nitrogens is 1. The van der Waals surface area contributed by atoms with E-state index in [2.05, 4.69) is 10.3 Å². The molecule has 0 unspecified atom stereocenters. The largest absolute Gasteiger partial charge is 0.363 e. The molecule has 1 aliphatic heterocycles. The molecule has 0 radical (unpaired) electrons. The number of amides is 3. The molecule has 1 N–H and O–H groups in total. The van der Waals surface area contributed by atoms with Crippen molar-refractivity contribution in [3.05, 3.63) is 53.7 Å². The molecule has 0 aliphatic carbocycles. The number of anilines is 2. The molecule has 28 heavy (non-hydrogen) atoms. The summed E-state index contributed by atoms with van der Waals surface area (Å²) in [5.74, 6) is -0.376. The molecule has 0 fully saturated rings. The van der Waals surface area contributed by atoms with E-state index in [0.717, 1.165) is 10.7 Å². The average Bonchev–Trinajstić information content (AvgIpc) is 2.91. The van der Waals surface area contributed by atoms with E-state index in [1.807, 2.05) is 32.8 Å². The zero-order valence-electron chi connectivity index (χ0n) is 16.5. The average molecular weight is 380 g/mol. The van der Waals surface area contributed by atoms with Gasteiger partial charge in [0.1, 0.15) is 11.9 Å². The number of benzene rings is 1. The summed E-state index contributed by atoms with van der Waals surface area (Å²) in [6, 6.07) is 9.30. The van der Waals surface area contributed by atoms with Crippen LogP contribution in [-0.2, 0) is 4.79 Å². The van der Waals surface area contributed by atoms with Crippen LogP contribution in [0.5, 0.6) is 0 Å². The number of hydrogen-bond donors (Lipinski definition) is 1. The van der Waals surface area contributed by atoms with Crippen LogP contribution in [0, 0.1) is 5.92 Å². The van der Waals surface area contributed by atoms with E-state index in [1.54, 1.807) is 42.6 Å². The van der Waals surface area contributed by atoms with Gasteiger partial charge in [-0.3, -0.25) is 19.3 Å². The molecule has 1 aliphatic rings. The summed E-state index contributed by atoms with van der Waals surface area (Å²) in [5.41, 5.74) is 1.19. The minimum Gasteiger partial charge on any atom is -0.363 e. The zero-order valence-corrected chi connectivity index (χ0v) is 16.5. The Morgan fingerprint density at radius 3 is 2.14 bits per heavy atom. The van der Waals surface area contributed by atoms with Gasteiger partial charge in [-0.1, -0.05) is 26.0 Å². The second kappa shape index (κ2) is 7.80. The van der Waals surface area contributed by atoms with E-state index in [4.69, 9.17) is 0 Å². The third kappa shape index (κ3) is 3.74. The molecule has 2 heterocycles. The SMILES string of the molecule is CC(C)C[C@@H](C(=O)Nc1ccc(N(C)C)nc1)N1C(=O)c2ccccc2C1=O. The lowest BCUT2D eigenvalue weighted by molar-refractivity contribution is -0.120. The molecular formula is C21H24N4O3. The van der Waals surface area contributed by atoms with Crippen LogP contribution in [0.3, 0.4) is 0 Å². The highest BCUT2D eigenvalue weighted by atomic mass is 16.2. The summed E-state index contributed by atoms with van der Waals surface area (Å²) in [7, 11) is 3.75. The lowest BCUT2D eigenvalue weighted by Crippen LogP contribution is -2.47. The predicted molar refractivity (Wildman–Crippen MR) is 107 cm³/mol. The Hall–Kier alpha value is -3.22. The van der Waals surface area contributed by atoms with Gasteiger partial charge < -0.3 is 10.2 Å². The van der Waals surface area contributed by atoms with Crippen LogP contribution in [0.4, 0.5) is 11.5 Å². The standard InChI is InChI=1S/C21H24N4O3/c1-13(2)11-17(19(26)23-14-9-10-18(22-12-14)24(3)4)25-20(27)15-7-5-6-8-16(15)21(25)28/h5-10,12-13,17H,11H2,1-4H3,(H,23,26)/t17-/m0/s1. The van der Waals surface area contributed by atoms with E-state index < -0.39 is 23.8 Å². The summed E-state index contributed by atoms with van der Waals surface area (Å²) in [6.07, 6.45) is 1.93. The van der Waals surface area contributed by atoms with Crippen molar-refractivity contribution in [2.75, 3.05) is 24.3 Å². The van der Waals surface area contributed by atoms with Crippen LogP contribution < -0.4 is 10.2 Å². The van der Waals surface area contributed by atoms with Crippen molar-refractivity contribution < 1.29 is 14.4 Å². The van der Waals surface area contributed by atoms with Crippen LogP contribution >= 0.6 is 0 Å². The minimum atomic E-state index is -0.888. The Morgan fingerprint density at radius 2 is 1.68 bits per heavy atom. The van der Waals surface area contributed by atoms with Gasteiger partial charge in [0.25, 0.3) is 11.8 Å². The third-order valence-electron chi connectivity index (χ3n) is 4.61. The maximum atomic E-state index is 13.0. The molecule has 3 amide bonds. The summed E-state index contributed by atoms with van der Waals surface area (Å²) in [4.78, 5) is 45.8. The topological polar surface area (TPSA) is 82.6 Å². The summed E-state index contributed by atoms with van der Waals surface area (Å²) in [5, 5.41) is 2.79. The van der Waals surface area contributed by atoms with Gasteiger partial charge in [-0.15, -0.1) is 0 Å². The van der Waals surface area contributed by atoms with Gasteiger partial charge in [-0.25, -0.2) is 4.98 Å². The first-order valence-corrected chi connectivity index (χ1v) is 9.20. The number of nitrogens with one attached hydrogen (secondary N) is 1. The van der Waals surface area contributed by atoms with Gasteiger partial charge in [0.05, 0.1) is 23.0 Å². The molecule has 0 saturated carbocycles. The van der Waals surface area contributed by atoms with Gasteiger partial charge in [0.15, 0.2) is 0 Å². The lowest BCUT2D eigenvalue weighted by atomic mass is 10.0. The number of hydrogen-bond acceptors (Lipinski definition) is 5. The minimum absolute atomic E-state index is 0.120. The van der Waals surface area contributed by atoms with Crippen molar-refractivity contribution in [2.24, 2.45) is 5.92 Å². The van der Waals surface area contributed by atoms with Crippen LogP contribution in [0.15, 0.2) is 42.6 Å². The molecule has 1 atom stereocenters. The predicted octanol–water partition coefficient (Wildman–Crippen LogP) is 2.80. The van der Waals surface area contributed by atoms with Crippen molar-refractivity contribution in [1.29, 1.82) is 0 Å². The van der Waals surface area contributed by atoms with Gasteiger partial charge in [-0.05, 0) is 36.6 Å². The van der Waals surface area contributed by atoms with Crippen molar-refractivity contribution in [3.8, 4) is 0 Å². The van der Waals surface area contributed by atoms with Crippen LogP contribution in [-0.4, -0.2) is 47.7 Å². The van der Waals surface area contributed by atoms with Crippen molar-refractivity contribution in [2.45, 2.75) is 26.3 Å². The van der Waals surface area contributed by atoms with E-state index in [9.17, 15) is 14.4 Å². The highest BCUT2D eigenvalue weighted by molar-refractivity contribution is 6.23. The molecular weight excluding hydrogens is 356 g/mol. The lowest BCUT2D eigenvalue weighted by Gasteiger charge is -2.26. The van der Waals surface area contributed by atoms with Crippen LogP contribution in [0.25, 0.3) is 0 Å². The number of fused-ring (bicyclic) bond motifs is 1. The Balaban J connectivity index is 1.85. The Bertz CT molecular complexity index is 871. The monoisotopic (exact) mass is 380 g/mol. The molecule has 0 spiro atoms. The molecule has 0 bridgehead atoms. The second-order valence-corrected chi connectivity index (χ2v) is 7.46. The Kier molecular flexibility index (Phi) is 5.44. The Morgan fingerprint density at radius 1 is 1.07 bits per heavy atom. The van der Waals surface area contributed by atoms with Gasteiger partial charge >= 0.3 is 0 Å². The van der Waals surface area contributed by atoms with E-state index in [0.29, 0.717) is 23.2 Å². The summed E-state index contributed by atoms with van der Waals surface area (Å²) < 4.78 is 0. The van der Waals surface area contributed by atoms with Crippen molar-refractivity contribution in [1.82, 2.24) is 9.88 Å². The smallest absolute Gasteiger partial charge is 0.262 e. The number of imide groups is 1. The maximum absolute atomic E-state index is 13.0. The third-order valence-corrected chi connectivity index (χ3v) is 4.61. The molecule has 0 saturated heterocycles. The van der Waals surface area contributed by atoms with E-state index in [1.165, 1.54) is 0 Å². The number of nitrogens with zero attached hydrogens (tertiary/aromatic N) is 3. The number of carbonyl (C=O) groups excluding carboxylic acids is 3. The molecule has 1 aromatic carbocycles. The van der Waals surface area contributed by atoms with Crippen LogP contribution in [0.1, 0.15) is 41.0 Å². The first-order valence-electron chi connectivity index (χ1n) is 9.20. The van der Waals surface area contributed by atoms with Crippen molar-refractivity contribution in [3.63, 3.8) is 0 Å². The zero-order chi connectivity index (χ0) is 20.4. The van der Waals surface area contributed by atoms with Crippen molar-refractivity contribution >= 4 is 29.2 Å². The highest BCUT2D eigenvalue weighted by Crippen LogP contribution is 2.27. The molecule has 2 aromatic rings. The Labute approximate surface area is 164 Å². The van der Waals surface area contributed by atoms with Gasteiger partial charge in [0.2, 0.25) is 5.91 Å².